The van der Waals surface area contributed by atoms with Gasteiger partial charge >= 0.3 is 0 Å². The lowest BCUT2D eigenvalue weighted by molar-refractivity contribution is 1.32. The molecule has 1 radical (unpaired) electrons. The molecule has 1 aromatic heterocycles. The predicted octanol–water partition coefficient (Wildman–Crippen LogP) is 3.58. The van der Waals surface area contributed by atoms with E-state index in [-0.39, 0.29) is 0 Å². The van der Waals surface area contributed by atoms with Crippen molar-refractivity contribution in [3.63, 3.8) is 0 Å². The van der Waals surface area contributed by atoms with E-state index in [1.165, 1.54) is 0 Å². The van der Waals surface area contributed by atoms with E-state index in [0.717, 1.165) is 16.7 Å². The van der Waals surface area contributed by atoms with Crippen molar-refractivity contribution in [2.75, 3.05) is 0 Å². The Morgan fingerprint density at radius 2 is 2.20 bits per heavy atom. The molecule has 0 atom stereocenters. The average Bonchev–Trinajstić information content (AvgIpc) is 2.31. The standard InChI is InChI=1S/C14H12N/c1-2-6-12-9-14(11-15-10-12)13-7-4-3-5-8-13/h2-4,6-11H,1H3. The van der Waals surface area contributed by atoms with Gasteiger partial charge in [-0.1, -0.05) is 30.4 Å². The van der Waals surface area contributed by atoms with Crippen LogP contribution in [-0.4, -0.2) is 4.98 Å². The minimum atomic E-state index is 1.12. The molecule has 2 aromatic rings. The summed E-state index contributed by atoms with van der Waals surface area (Å²) in [6.45, 7) is 2.00. The Balaban J connectivity index is 2.41. The van der Waals surface area contributed by atoms with Crippen LogP contribution in [0.25, 0.3) is 17.2 Å². The first kappa shape index (κ1) is 9.66. The third kappa shape index (κ3) is 2.32. The summed E-state index contributed by atoms with van der Waals surface area (Å²) in [4.78, 5) is 4.21. The maximum Gasteiger partial charge on any atom is 0.0346 e. The van der Waals surface area contributed by atoms with Crippen LogP contribution in [0.5, 0.6) is 0 Å². The zero-order chi connectivity index (χ0) is 10.5. The largest absolute Gasteiger partial charge is 0.263 e. The third-order valence-corrected chi connectivity index (χ3v) is 2.16. The fourth-order valence-corrected chi connectivity index (χ4v) is 1.47. The number of nitrogens with zero attached hydrogens (tertiary/aromatic N) is 1. The van der Waals surface area contributed by atoms with E-state index < -0.39 is 0 Å². The normalized spacial score (nSPS) is 10.7. The van der Waals surface area contributed by atoms with E-state index in [9.17, 15) is 0 Å². The molecular weight excluding hydrogens is 182 g/mol. The van der Waals surface area contributed by atoms with E-state index in [4.69, 9.17) is 0 Å². The molecular formula is C14H12N. The Hall–Kier alpha value is -1.89. The zero-order valence-electron chi connectivity index (χ0n) is 8.64. The molecule has 0 aliphatic rings. The second-order valence-electron chi connectivity index (χ2n) is 3.30. The number of benzene rings is 1. The molecule has 15 heavy (non-hydrogen) atoms. The Bertz CT molecular complexity index is 458. The van der Waals surface area contributed by atoms with Crippen LogP contribution in [0, 0.1) is 6.07 Å². The Kier molecular flexibility index (Phi) is 2.93. The van der Waals surface area contributed by atoms with Gasteiger partial charge in [-0.3, -0.25) is 4.98 Å². The number of allylic oxidation sites excluding steroid dienone is 1. The van der Waals surface area contributed by atoms with E-state index in [2.05, 4.69) is 23.2 Å². The van der Waals surface area contributed by atoms with Gasteiger partial charge in [0.2, 0.25) is 0 Å². The summed E-state index contributed by atoms with van der Waals surface area (Å²) in [5.74, 6) is 0. The molecule has 1 heterocycles. The summed E-state index contributed by atoms with van der Waals surface area (Å²) in [7, 11) is 0. The van der Waals surface area contributed by atoms with Crippen molar-refractivity contribution < 1.29 is 0 Å². The van der Waals surface area contributed by atoms with Gasteiger partial charge in [-0.15, -0.1) is 0 Å². The van der Waals surface area contributed by atoms with Crippen LogP contribution in [0.4, 0.5) is 0 Å². The highest BCUT2D eigenvalue weighted by atomic mass is 14.6. The minimum absolute atomic E-state index is 1.12. The minimum Gasteiger partial charge on any atom is -0.263 e. The molecule has 0 N–H and O–H groups in total. The van der Waals surface area contributed by atoms with Crippen LogP contribution in [0.1, 0.15) is 12.5 Å². The van der Waals surface area contributed by atoms with Crippen LogP contribution < -0.4 is 0 Å². The molecule has 0 amide bonds. The fraction of sp³-hybridized carbons (Fsp3) is 0.0714. The van der Waals surface area contributed by atoms with Gasteiger partial charge < -0.3 is 0 Å². The monoisotopic (exact) mass is 194 g/mol. The van der Waals surface area contributed by atoms with E-state index in [1.54, 1.807) is 0 Å². The summed E-state index contributed by atoms with van der Waals surface area (Å²) in [5.41, 5.74) is 3.40. The maximum absolute atomic E-state index is 4.21. The second-order valence-corrected chi connectivity index (χ2v) is 3.30. The molecule has 1 heteroatoms. The maximum atomic E-state index is 4.21. The van der Waals surface area contributed by atoms with Gasteiger partial charge in [0.25, 0.3) is 0 Å². The quantitative estimate of drug-likeness (QED) is 0.712. The molecule has 1 nitrogen and oxygen atoms in total. The van der Waals surface area contributed by atoms with Gasteiger partial charge in [-0.25, -0.2) is 0 Å². The molecule has 0 saturated heterocycles. The van der Waals surface area contributed by atoms with Crippen LogP contribution in [0.15, 0.2) is 48.8 Å². The van der Waals surface area contributed by atoms with Crippen LogP contribution in [0.3, 0.4) is 0 Å². The number of rotatable bonds is 2. The summed E-state index contributed by atoms with van der Waals surface area (Å²) in [6, 6.07) is 13.1. The van der Waals surface area contributed by atoms with Crippen molar-refractivity contribution in [2.24, 2.45) is 0 Å². The van der Waals surface area contributed by atoms with Crippen LogP contribution in [-0.2, 0) is 0 Å². The van der Waals surface area contributed by atoms with Gasteiger partial charge in [0.1, 0.15) is 0 Å². The van der Waals surface area contributed by atoms with Gasteiger partial charge in [0.15, 0.2) is 0 Å². The summed E-state index contributed by atoms with van der Waals surface area (Å²) >= 11 is 0. The summed E-state index contributed by atoms with van der Waals surface area (Å²) in [6.07, 6.45) is 7.79. The summed E-state index contributed by atoms with van der Waals surface area (Å²) < 4.78 is 0. The van der Waals surface area contributed by atoms with E-state index >= 15 is 0 Å². The lowest BCUT2D eigenvalue weighted by Crippen LogP contribution is -1.81. The lowest BCUT2D eigenvalue weighted by Gasteiger charge is -2.01. The van der Waals surface area contributed by atoms with Crippen molar-refractivity contribution in [1.29, 1.82) is 0 Å². The topological polar surface area (TPSA) is 12.9 Å². The van der Waals surface area contributed by atoms with Gasteiger partial charge in [0, 0.05) is 18.0 Å². The highest BCUT2D eigenvalue weighted by Crippen LogP contribution is 2.18. The lowest BCUT2D eigenvalue weighted by atomic mass is 10.1. The number of pyridine rings is 1. The molecule has 0 aliphatic heterocycles. The highest BCUT2D eigenvalue weighted by Gasteiger charge is 1.96. The first-order valence-electron chi connectivity index (χ1n) is 4.94. The molecule has 0 bridgehead atoms. The Morgan fingerprint density at radius 3 is 2.93 bits per heavy atom. The molecule has 0 fully saturated rings. The third-order valence-electron chi connectivity index (χ3n) is 2.16. The molecule has 73 valence electrons. The smallest absolute Gasteiger partial charge is 0.0346 e. The number of hydrogen-bond acceptors (Lipinski definition) is 1. The average molecular weight is 194 g/mol. The first-order chi connectivity index (χ1) is 7.40. The van der Waals surface area contributed by atoms with Crippen molar-refractivity contribution in [1.82, 2.24) is 4.98 Å². The molecule has 0 saturated carbocycles. The van der Waals surface area contributed by atoms with Crippen molar-refractivity contribution in [2.45, 2.75) is 6.92 Å². The van der Waals surface area contributed by atoms with Gasteiger partial charge in [0.05, 0.1) is 0 Å². The fourth-order valence-electron chi connectivity index (χ4n) is 1.47. The highest BCUT2D eigenvalue weighted by molar-refractivity contribution is 5.65. The van der Waals surface area contributed by atoms with Crippen LogP contribution >= 0.6 is 0 Å². The first-order valence-corrected chi connectivity index (χ1v) is 4.94. The molecule has 0 aliphatic carbocycles. The Morgan fingerprint density at radius 1 is 1.27 bits per heavy atom. The van der Waals surface area contributed by atoms with Crippen molar-refractivity contribution >= 4 is 6.08 Å². The van der Waals surface area contributed by atoms with Gasteiger partial charge in [-0.2, -0.15) is 0 Å². The number of aromatic nitrogens is 1. The predicted molar refractivity (Wildman–Crippen MR) is 63.2 cm³/mol. The number of hydrogen-bond donors (Lipinski definition) is 0. The molecule has 0 spiro atoms. The SMILES string of the molecule is CC=Cc1cncc(-c2c[c]ccc2)c1. The zero-order valence-corrected chi connectivity index (χ0v) is 8.64. The molecule has 2 rings (SSSR count). The Labute approximate surface area is 90.1 Å². The molecule has 0 unspecified atom stereocenters. The van der Waals surface area contributed by atoms with Crippen molar-refractivity contribution in [3.8, 4) is 11.1 Å². The van der Waals surface area contributed by atoms with Gasteiger partial charge in [-0.05, 0) is 36.2 Å². The molecule has 1 aromatic carbocycles. The van der Waals surface area contributed by atoms with E-state index in [0.29, 0.717) is 0 Å². The van der Waals surface area contributed by atoms with Crippen molar-refractivity contribution in [3.05, 3.63) is 60.4 Å². The summed E-state index contributed by atoms with van der Waals surface area (Å²) in [5, 5.41) is 0. The second kappa shape index (κ2) is 4.56. The van der Waals surface area contributed by atoms with E-state index in [1.807, 2.05) is 49.7 Å². The van der Waals surface area contributed by atoms with Crippen LogP contribution in [0.2, 0.25) is 0 Å².